The van der Waals surface area contributed by atoms with Crippen LogP contribution in [0.4, 0.5) is 5.13 Å². The summed E-state index contributed by atoms with van der Waals surface area (Å²) >= 11 is 1.43. The third kappa shape index (κ3) is 3.48. The van der Waals surface area contributed by atoms with Crippen LogP contribution >= 0.6 is 11.3 Å². The second-order valence-corrected chi connectivity index (χ2v) is 7.53. The molecule has 3 rings (SSSR count). The van der Waals surface area contributed by atoms with Crippen LogP contribution in [0.25, 0.3) is 11.0 Å². The molecule has 1 amide bonds. The van der Waals surface area contributed by atoms with Gasteiger partial charge in [-0.25, -0.2) is 0 Å². The Bertz CT molecular complexity index is 880. The van der Waals surface area contributed by atoms with E-state index in [-0.39, 0.29) is 12.3 Å². The highest BCUT2D eigenvalue weighted by molar-refractivity contribution is 7.15. The number of aromatic nitrogens is 2. The van der Waals surface area contributed by atoms with Crippen molar-refractivity contribution in [1.82, 2.24) is 10.2 Å². The van der Waals surface area contributed by atoms with Crippen molar-refractivity contribution in [3.63, 3.8) is 0 Å². The van der Waals surface area contributed by atoms with E-state index in [2.05, 4.69) is 35.4 Å². The molecule has 126 valence electrons. The average molecular weight is 343 g/mol. The second-order valence-electron chi connectivity index (χ2n) is 6.47. The fraction of sp³-hybridized carbons (Fsp3) is 0.389. The molecule has 2 heterocycles. The van der Waals surface area contributed by atoms with Gasteiger partial charge in [0.05, 0.1) is 12.7 Å². The smallest absolute Gasteiger partial charge is 0.230 e. The number of fused-ring (bicyclic) bond motifs is 1. The summed E-state index contributed by atoms with van der Waals surface area (Å²) in [6, 6.07) is 4.06. The van der Waals surface area contributed by atoms with E-state index in [0.717, 1.165) is 33.5 Å². The summed E-state index contributed by atoms with van der Waals surface area (Å²) < 4.78 is 5.65. The minimum Gasteiger partial charge on any atom is -0.464 e. The summed E-state index contributed by atoms with van der Waals surface area (Å²) in [5, 5.41) is 13.5. The monoisotopic (exact) mass is 343 g/mol. The molecule has 2 aromatic heterocycles. The van der Waals surface area contributed by atoms with Crippen LogP contribution in [0.2, 0.25) is 0 Å². The van der Waals surface area contributed by atoms with Gasteiger partial charge in [0.2, 0.25) is 11.0 Å². The van der Waals surface area contributed by atoms with Crippen LogP contribution in [0.15, 0.2) is 22.8 Å². The van der Waals surface area contributed by atoms with Gasteiger partial charge in [-0.3, -0.25) is 4.79 Å². The van der Waals surface area contributed by atoms with Gasteiger partial charge in [0, 0.05) is 17.4 Å². The van der Waals surface area contributed by atoms with E-state index < -0.39 is 0 Å². The van der Waals surface area contributed by atoms with Crippen molar-refractivity contribution >= 4 is 33.3 Å². The van der Waals surface area contributed by atoms with Crippen LogP contribution in [0.3, 0.4) is 0 Å². The zero-order valence-electron chi connectivity index (χ0n) is 14.3. The molecule has 1 aromatic carbocycles. The molecule has 5 nitrogen and oxygen atoms in total. The maximum Gasteiger partial charge on any atom is 0.230 e. The Balaban J connectivity index is 1.71. The number of carbonyl (C=O) groups is 1. The lowest BCUT2D eigenvalue weighted by atomic mass is 10.0. The number of hydrogen-bond donors (Lipinski definition) is 1. The van der Waals surface area contributed by atoms with Gasteiger partial charge in [0.25, 0.3) is 0 Å². The Kier molecular flexibility index (Phi) is 4.66. The van der Waals surface area contributed by atoms with Gasteiger partial charge in [-0.15, -0.1) is 10.2 Å². The number of nitrogens with one attached hydrogen (secondary N) is 1. The summed E-state index contributed by atoms with van der Waals surface area (Å²) in [6.07, 6.45) is 2.80. The highest BCUT2D eigenvalue weighted by atomic mass is 32.1. The Morgan fingerprint density at radius 3 is 2.83 bits per heavy atom. The lowest BCUT2D eigenvalue weighted by Crippen LogP contribution is -2.14. The summed E-state index contributed by atoms with van der Waals surface area (Å²) in [5.41, 5.74) is 4.03. The Morgan fingerprint density at radius 2 is 2.08 bits per heavy atom. The zero-order chi connectivity index (χ0) is 17.3. The number of benzene rings is 1. The van der Waals surface area contributed by atoms with E-state index in [0.29, 0.717) is 11.0 Å². The summed E-state index contributed by atoms with van der Waals surface area (Å²) in [7, 11) is 0. The molecule has 0 fully saturated rings. The number of hydrogen-bond acceptors (Lipinski definition) is 5. The fourth-order valence-corrected chi connectivity index (χ4v) is 3.57. The van der Waals surface area contributed by atoms with Gasteiger partial charge in [-0.1, -0.05) is 37.3 Å². The summed E-state index contributed by atoms with van der Waals surface area (Å²) in [6.45, 7) is 8.34. The first-order valence-corrected chi connectivity index (χ1v) is 8.84. The van der Waals surface area contributed by atoms with Crippen LogP contribution in [-0.2, 0) is 17.6 Å². The second kappa shape index (κ2) is 6.73. The Hall–Kier alpha value is -2.21. The molecule has 0 aliphatic rings. The third-order valence-electron chi connectivity index (χ3n) is 3.99. The van der Waals surface area contributed by atoms with Crippen LogP contribution in [-0.4, -0.2) is 16.1 Å². The van der Waals surface area contributed by atoms with Gasteiger partial charge in [-0.05, 0) is 30.9 Å². The molecular weight excluding hydrogens is 322 g/mol. The predicted octanol–water partition coefficient (Wildman–Crippen LogP) is 4.28. The van der Waals surface area contributed by atoms with Crippen molar-refractivity contribution in [2.45, 2.75) is 40.5 Å². The van der Waals surface area contributed by atoms with Crippen molar-refractivity contribution in [2.24, 2.45) is 5.92 Å². The topological polar surface area (TPSA) is 68.0 Å². The normalized spacial score (nSPS) is 11.4. The van der Waals surface area contributed by atoms with Crippen molar-refractivity contribution in [1.29, 1.82) is 0 Å². The molecular formula is C18H21N3O2S. The lowest BCUT2D eigenvalue weighted by Gasteiger charge is -2.02. The van der Waals surface area contributed by atoms with Crippen LogP contribution in [0.1, 0.15) is 35.5 Å². The molecule has 0 bridgehead atoms. The largest absolute Gasteiger partial charge is 0.464 e. The molecule has 0 saturated carbocycles. The first-order chi connectivity index (χ1) is 11.4. The van der Waals surface area contributed by atoms with Crippen LogP contribution in [0.5, 0.6) is 0 Å². The number of rotatable bonds is 5. The number of aryl methyl sites for hydroxylation is 2. The first-order valence-electron chi connectivity index (χ1n) is 8.02. The van der Waals surface area contributed by atoms with Gasteiger partial charge < -0.3 is 9.73 Å². The maximum absolute atomic E-state index is 12.3. The Labute approximate surface area is 145 Å². The van der Waals surface area contributed by atoms with E-state index >= 15 is 0 Å². The van der Waals surface area contributed by atoms with Crippen LogP contribution in [0, 0.1) is 19.8 Å². The van der Waals surface area contributed by atoms with E-state index in [1.807, 2.05) is 19.9 Å². The molecule has 24 heavy (non-hydrogen) atoms. The first kappa shape index (κ1) is 16.6. The SMILES string of the molecule is Cc1ccc2c(CC(=O)Nc3nnc(CC(C)C)s3)coc2c1C. The standard InChI is InChI=1S/C18H21N3O2S/c1-10(2)7-16-20-21-18(24-16)19-15(22)8-13-9-23-17-12(4)11(3)5-6-14(13)17/h5-6,9-10H,7-8H2,1-4H3,(H,19,21,22). The average Bonchev–Trinajstić information content (AvgIpc) is 3.10. The number of anilines is 1. The van der Waals surface area contributed by atoms with Crippen molar-refractivity contribution in [3.8, 4) is 0 Å². The van der Waals surface area contributed by atoms with E-state index in [9.17, 15) is 4.79 Å². The molecule has 0 atom stereocenters. The van der Waals surface area contributed by atoms with Crippen molar-refractivity contribution < 1.29 is 9.21 Å². The fourth-order valence-electron chi connectivity index (χ4n) is 2.60. The predicted molar refractivity (Wildman–Crippen MR) is 96.5 cm³/mol. The highest BCUT2D eigenvalue weighted by Crippen LogP contribution is 2.27. The summed E-state index contributed by atoms with van der Waals surface area (Å²) in [4.78, 5) is 12.3. The molecule has 3 aromatic rings. The molecule has 0 aliphatic heterocycles. The summed E-state index contributed by atoms with van der Waals surface area (Å²) in [5.74, 6) is 0.411. The number of nitrogens with zero attached hydrogens (tertiary/aromatic N) is 2. The highest BCUT2D eigenvalue weighted by Gasteiger charge is 2.14. The molecule has 6 heteroatoms. The third-order valence-corrected chi connectivity index (χ3v) is 4.85. The molecule has 0 radical (unpaired) electrons. The van der Waals surface area contributed by atoms with Gasteiger partial charge in [0.1, 0.15) is 10.6 Å². The molecule has 1 N–H and O–H groups in total. The number of furan rings is 1. The number of carbonyl (C=O) groups excluding carboxylic acids is 1. The maximum atomic E-state index is 12.3. The molecule has 0 aliphatic carbocycles. The van der Waals surface area contributed by atoms with Crippen molar-refractivity contribution in [3.05, 3.63) is 40.1 Å². The molecule has 0 saturated heterocycles. The van der Waals surface area contributed by atoms with Crippen molar-refractivity contribution in [2.75, 3.05) is 5.32 Å². The number of amides is 1. The minimum atomic E-state index is -0.108. The van der Waals surface area contributed by atoms with Gasteiger partial charge in [0.15, 0.2) is 0 Å². The van der Waals surface area contributed by atoms with E-state index in [4.69, 9.17) is 4.42 Å². The minimum absolute atomic E-state index is 0.108. The lowest BCUT2D eigenvalue weighted by molar-refractivity contribution is -0.115. The molecule has 0 unspecified atom stereocenters. The Morgan fingerprint density at radius 1 is 1.29 bits per heavy atom. The quantitative estimate of drug-likeness (QED) is 0.751. The van der Waals surface area contributed by atoms with Crippen LogP contribution < -0.4 is 5.32 Å². The molecule has 0 spiro atoms. The van der Waals surface area contributed by atoms with E-state index in [1.165, 1.54) is 16.9 Å². The van der Waals surface area contributed by atoms with E-state index in [1.54, 1.807) is 6.26 Å². The zero-order valence-corrected chi connectivity index (χ0v) is 15.2. The van der Waals surface area contributed by atoms with Gasteiger partial charge >= 0.3 is 0 Å². The van der Waals surface area contributed by atoms with Gasteiger partial charge in [-0.2, -0.15) is 0 Å².